The smallest absolute Gasteiger partial charge is 0.497 e. The van der Waals surface area contributed by atoms with Gasteiger partial charge in [0.15, 0.2) is 5.41 Å². The molecule has 0 aromatic heterocycles. The van der Waals surface area contributed by atoms with Crippen molar-refractivity contribution in [3.63, 3.8) is 0 Å². The summed E-state index contributed by atoms with van der Waals surface area (Å²) in [6.45, 7) is 45.5. The minimum absolute atomic E-state index is 0. The molecule has 2 saturated carbocycles. The quantitative estimate of drug-likeness (QED) is 0.161. The molecule has 0 radical (unpaired) electrons. The molecule has 92 heavy (non-hydrogen) atoms. The molecule has 0 spiro atoms. The number of hydrogen-bond acceptors (Lipinski definition) is 14. The second-order valence-electron chi connectivity index (χ2n) is 24.2. The van der Waals surface area contributed by atoms with E-state index >= 15 is 0 Å². The summed E-state index contributed by atoms with van der Waals surface area (Å²) in [5.41, 5.74) is 0.892. The van der Waals surface area contributed by atoms with Crippen LogP contribution >= 0.6 is 11.8 Å². The first-order valence-electron chi connectivity index (χ1n) is 30.1. The summed E-state index contributed by atoms with van der Waals surface area (Å²) in [6, 6.07) is 16.6. The van der Waals surface area contributed by atoms with Crippen LogP contribution in [0.4, 0.5) is 31.1 Å². The number of benzene rings is 2. The Morgan fingerprint density at radius 3 is 0.880 bits per heavy atom. The van der Waals surface area contributed by atoms with Crippen LogP contribution in [0.2, 0.25) is 0 Å². The summed E-state index contributed by atoms with van der Waals surface area (Å²) in [5, 5.41) is 0. The third kappa shape index (κ3) is 102. The summed E-state index contributed by atoms with van der Waals surface area (Å²) >= 11 is 1.75. The molecule has 0 aliphatic heterocycles. The fraction of sp³-hybridized carbons (Fsp3) is 0.761. The molecule has 4 rings (SSSR count). The van der Waals surface area contributed by atoms with Gasteiger partial charge in [0.25, 0.3) is 0 Å². The van der Waals surface area contributed by atoms with Crippen LogP contribution in [-0.4, -0.2) is 125 Å². The number of fused-ring (bicyclic) bond motifs is 1. The molecule has 2 aliphatic rings. The lowest BCUT2D eigenvalue weighted by molar-refractivity contribution is -0.327. The Hall–Kier alpha value is -4.37. The molecule has 21 heteroatoms. The summed E-state index contributed by atoms with van der Waals surface area (Å²) in [7, 11) is 7.50. The Morgan fingerprint density at radius 2 is 0.772 bits per heavy atom. The lowest BCUT2D eigenvalue weighted by atomic mass is 9.84. The zero-order chi connectivity index (χ0) is 74.6. The highest BCUT2D eigenvalue weighted by molar-refractivity contribution is 7.97. The molecule has 0 heterocycles. The third-order valence-corrected chi connectivity index (χ3v) is 10.4. The Bertz CT molecular complexity index is 1890. The zero-order valence-corrected chi connectivity index (χ0v) is 64.4. The van der Waals surface area contributed by atoms with Crippen molar-refractivity contribution in [1.29, 1.82) is 0 Å². The van der Waals surface area contributed by atoms with Gasteiger partial charge in [-0.3, -0.25) is 9.59 Å². The maximum absolute atomic E-state index is 11.6. The average molecular weight is 1380 g/mol. The van der Waals surface area contributed by atoms with Crippen molar-refractivity contribution in [2.45, 2.75) is 232 Å². The van der Waals surface area contributed by atoms with E-state index in [9.17, 15) is 58.7 Å². The third-order valence-electron chi connectivity index (χ3n) is 10.4. The van der Waals surface area contributed by atoms with E-state index in [0.29, 0.717) is 18.3 Å². The number of esters is 2. The standard InChI is InChI=1S/C12H22.C9H12.C8H10O.C5H6F6.C5H12.C4H8O2.C4H8O.C4H10.C3H6O3.C3H6O2.C3H6O.C3H8.C2H6O2S.C2H6O.C2H6S.2CH4/c1-7-5-8(2)12-10(4)6-9(3)11(7)12;1-3-9-6-4-8(2)5-7-9;1-7-3-5-8(9-2)6-4-7;1-3(2,4(6,7)8)5(9,10)11;1-5(2,3)4;1-3-4(5)6-2;1-3-4(2)5;1-4(2)3;1-5-3(4)6-2;1-3(4)5-2;1-3(2)4;1-3-2;1-5(2,3)4;2*1-3-2;;/h7-12H,5-6H2,1-4H3;4-7H,3H2,1-2H3;3-6H,1-2H3;1-2H3;1-4H3;3H2,1-2H3;3H2,1-2H3;4H,1-3H3;1-2H3;1-2H3;1-2H3;3H2,1-2H3;1-2H3;2*1-2H3;2*1H4. The molecular weight excluding hydrogens is 1240 g/mol. The fourth-order valence-electron chi connectivity index (χ4n) is 6.33. The minimum atomic E-state index is -5.24. The van der Waals surface area contributed by atoms with Crippen molar-refractivity contribution < 1.29 is 87.2 Å². The van der Waals surface area contributed by atoms with E-state index in [1.54, 1.807) is 46.9 Å². The van der Waals surface area contributed by atoms with Crippen molar-refractivity contribution >= 4 is 51.3 Å². The number of aryl methyl sites for hydroxylation is 3. The summed E-state index contributed by atoms with van der Waals surface area (Å²) in [6.07, 6.45) is 1.76. The second kappa shape index (κ2) is 70.9. The molecule has 0 N–H and O–H groups in total. The molecule has 13 nitrogen and oxygen atoms in total. The number of alkyl halides is 6. The summed E-state index contributed by atoms with van der Waals surface area (Å²) < 4.78 is 115. The number of halogens is 6. The highest BCUT2D eigenvalue weighted by Crippen LogP contribution is 2.55. The van der Waals surface area contributed by atoms with E-state index in [2.05, 4.69) is 159 Å². The van der Waals surface area contributed by atoms with Crippen LogP contribution in [0.5, 0.6) is 5.75 Å². The Kier molecular flexibility index (Phi) is 91.0. The Morgan fingerprint density at radius 1 is 0.554 bits per heavy atom. The van der Waals surface area contributed by atoms with E-state index in [-0.39, 0.29) is 52.2 Å². The van der Waals surface area contributed by atoms with Gasteiger partial charge in [-0.1, -0.05) is 180 Å². The Balaban J connectivity index is -0.0000000674. The van der Waals surface area contributed by atoms with Gasteiger partial charge in [0.1, 0.15) is 27.2 Å². The number of carbonyl (C=O) groups is 5. The predicted octanol–water partition coefficient (Wildman–Crippen LogP) is 21.3. The van der Waals surface area contributed by atoms with Crippen LogP contribution in [0.25, 0.3) is 0 Å². The molecule has 2 fully saturated rings. The van der Waals surface area contributed by atoms with Gasteiger partial charge in [0, 0.05) is 46.5 Å². The van der Waals surface area contributed by atoms with Crippen molar-refractivity contribution in [3.8, 4) is 5.75 Å². The van der Waals surface area contributed by atoms with Gasteiger partial charge in [-0.2, -0.15) is 38.1 Å². The number of thioether (sulfide) groups is 1. The molecule has 2 aromatic carbocycles. The number of hydrogen-bond donors (Lipinski definition) is 0. The molecule has 4 unspecified atom stereocenters. The second-order valence-corrected chi connectivity index (χ2v) is 27.3. The minimum Gasteiger partial charge on any atom is -0.497 e. The van der Waals surface area contributed by atoms with Gasteiger partial charge in [0.05, 0.1) is 35.5 Å². The van der Waals surface area contributed by atoms with Crippen LogP contribution in [0, 0.1) is 66.1 Å². The van der Waals surface area contributed by atoms with E-state index in [4.69, 9.17) is 4.74 Å². The monoisotopic (exact) mass is 1380 g/mol. The first-order valence-corrected chi connectivity index (χ1v) is 34.0. The molecule has 556 valence electrons. The average Bonchev–Trinajstić information content (AvgIpc) is 1.51. The topological polar surface area (TPSA) is 175 Å². The SMILES string of the molecule is C.C.CC(C)(C(F)(F)F)C(F)(F)F.CC(C)(C)C.CC(C)=O.CC(C)C.CC1CC(C)C2C(C)CC(C)C12.CCC.CCC(=O)OC.CCC(C)=O.CCc1ccc(C)cc1.COC.COC(=O)OC.COC(C)=O.COc1ccc(C)cc1.CS(C)(=O)=O.CSC. The summed E-state index contributed by atoms with van der Waals surface area (Å²) in [4.78, 5) is 48.5. The largest absolute Gasteiger partial charge is 0.507 e. The maximum Gasteiger partial charge on any atom is 0.507 e. The predicted molar refractivity (Wildman–Crippen MR) is 382 cm³/mol. The number of rotatable bonds is 4. The fourth-order valence-corrected chi connectivity index (χ4v) is 6.33. The highest BCUT2D eigenvalue weighted by atomic mass is 32.2. The molecule has 0 saturated heterocycles. The van der Waals surface area contributed by atoms with Crippen LogP contribution < -0.4 is 4.74 Å². The molecule has 2 aromatic rings. The summed E-state index contributed by atoms with van der Waals surface area (Å²) in [5.74, 6) is 7.92. The van der Waals surface area contributed by atoms with Gasteiger partial charge in [-0.05, 0) is 145 Å². The van der Waals surface area contributed by atoms with Crippen molar-refractivity contribution in [3.05, 3.63) is 65.2 Å². The molecular formula is C71H140F6O13S2. The van der Waals surface area contributed by atoms with Gasteiger partial charge in [0.2, 0.25) is 0 Å². The van der Waals surface area contributed by atoms with E-state index in [1.165, 1.54) is 85.2 Å². The van der Waals surface area contributed by atoms with Crippen molar-refractivity contribution in [2.75, 3.05) is 74.8 Å². The van der Waals surface area contributed by atoms with Crippen LogP contribution in [0.3, 0.4) is 0 Å². The van der Waals surface area contributed by atoms with E-state index in [1.807, 2.05) is 43.7 Å². The van der Waals surface area contributed by atoms with Crippen molar-refractivity contribution in [2.24, 2.45) is 52.3 Å². The van der Waals surface area contributed by atoms with Crippen LogP contribution in [0.1, 0.15) is 216 Å². The lowest BCUT2D eigenvalue weighted by Crippen LogP contribution is -2.44. The van der Waals surface area contributed by atoms with Crippen LogP contribution in [-0.2, 0) is 59.1 Å². The lowest BCUT2D eigenvalue weighted by Gasteiger charge is -2.29. The van der Waals surface area contributed by atoms with Crippen molar-refractivity contribution in [1.82, 2.24) is 0 Å². The number of carbonyl (C=O) groups excluding carboxylic acids is 5. The zero-order valence-electron chi connectivity index (χ0n) is 62.8. The van der Waals surface area contributed by atoms with Gasteiger partial charge in [-0.25, -0.2) is 13.2 Å². The number of ether oxygens (including phenoxy) is 6. The maximum atomic E-state index is 11.6. The number of Topliss-reactive ketones (excluding diaryl/α,β-unsaturated/α-hetero) is 2. The van der Waals surface area contributed by atoms with Gasteiger partial charge < -0.3 is 38.0 Å². The highest BCUT2D eigenvalue weighted by Gasteiger charge is 2.64. The van der Waals surface area contributed by atoms with E-state index < -0.39 is 33.8 Å². The van der Waals surface area contributed by atoms with Gasteiger partial charge >= 0.3 is 30.4 Å². The molecule has 0 amide bonds. The number of sulfone groups is 1. The Labute approximate surface area is 565 Å². The van der Waals surface area contributed by atoms with Crippen LogP contribution in [0.15, 0.2) is 48.5 Å². The number of ketones is 2. The van der Waals surface area contributed by atoms with Gasteiger partial charge in [-0.15, -0.1) is 0 Å². The first-order chi connectivity index (χ1) is 40.6. The first kappa shape index (κ1) is 118. The molecule has 0 bridgehead atoms. The normalized spacial score (nSPS) is 15.6. The molecule has 4 atom stereocenters. The van der Waals surface area contributed by atoms with E-state index in [0.717, 1.165) is 66.1 Å². The molecule has 2 aliphatic carbocycles. The number of methoxy groups -OCH3 is 6.